The molecule has 0 unspecified atom stereocenters. The highest BCUT2D eigenvalue weighted by Crippen LogP contribution is 2.17. The molecule has 7 nitrogen and oxygen atoms in total. The van der Waals surface area contributed by atoms with Crippen LogP contribution in [-0.4, -0.2) is 32.8 Å². The number of rotatable bonds is 5. The lowest BCUT2D eigenvalue weighted by atomic mass is 10.2. The monoisotopic (exact) mass is 282 g/mol. The Morgan fingerprint density at radius 3 is 3.10 bits per heavy atom. The Labute approximate surface area is 121 Å². The number of hydrogen-bond acceptors (Lipinski definition) is 6. The van der Waals surface area contributed by atoms with Gasteiger partial charge in [-0.05, 0) is 19.1 Å². The average Bonchev–Trinajstić information content (AvgIpc) is 2.99. The Bertz CT molecular complexity index is 767. The molecule has 3 aromatic rings. The first kappa shape index (κ1) is 13.0. The zero-order valence-corrected chi connectivity index (χ0v) is 11.4. The van der Waals surface area contributed by atoms with Crippen molar-refractivity contribution in [2.45, 2.75) is 6.92 Å². The number of aromatic amines is 1. The Morgan fingerprint density at radius 1 is 1.29 bits per heavy atom. The van der Waals surface area contributed by atoms with E-state index in [1.165, 1.54) is 6.33 Å². The maximum absolute atomic E-state index is 5.54. The molecule has 0 saturated heterocycles. The van der Waals surface area contributed by atoms with E-state index < -0.39 is 0 Å². The van der Waals surface area contributed by atoms with Crippen molar-refractivity contribution in [3.63, 3.8) is 0 Å². The molecule has 0 saturated carbocycles. The Hall–Kier alpha value is -2.96. The van der Waals surface area contributed by atoms with Crippen molar-refractivity contribution in [3.8, 4) is 5.75 Å². The van der Waals surface area contributed by atoms with Gasteiger partial charge in [0.15, 0.2) is 11.5 Å². The van der Waals surface area contributed by atoms with Crippen molar-refractivity contribution in [3.05, 3.63) is 42.5 Å². The van der Waals surface area contributed by atoms with Crippen LogP contribution < -0.4 is 10.2 Å². The summed E-state index contributed by atoms with van der Waals surface area (Å²) in [6.07, 6.45) is 4.70. The molecule has 0 radical (unpaired) electrons. The van der Waals surface area contributed by atoms with E-state index >= 15 is 0 Å². The quantitative estimate of drug-likeness (QED) is 0.553. The highest BCUT2D eigenvalue weighted by molar-refractivity contribution is 5.86. The largest absolute Gasteiger partial charge is 0.493 e. The van der Waals surface area contributed by atoms with E-state index in [1.807, 2.05) is 31.2 Å². The van der Waals surface area contributed by atoms with Crippen LogP contribution in [0.1, 0.15) is 12.5 Å². The highest BCUT2D eigenvalue weighted by Gasteiger charge is 2.04. The van der Waals surface area contributed by atoms with E-state index in [9.17, 15) is 0 Å². The molecule has 1 aromatic carbocycles. The van der Waals surface area contributed by atoms with Crippen LogP contribution in [-0.2, 0) is 0 Å². The van der Waals surface area contributed by atoms with E-state index in [-0.39, 0.29) is 0 Å². The fourth-order valence-electron chi connectivity index (χ4n) is 1.89. The van der Waals surface area contributed by atoms with Crippen molar-refractivity contribution in [1.82, 2.24) is 19.9 Å². The van der Waals surface area contributed by atoms with E-state index in [2.05, 4.69) is 30.5 Å². The zero-order chi connectivity index (χ0) is 14.5. The fraction of sp³-hybridized carbons (Fsp3) is 0.143. The average molecular weight is 282 g/mol. The van der Waals surface area contributed by atoms with Gasteiger partial charge in [-0.15, -0.1) is 0 Å². The molecule has 0 aliphatic carbocycles. The number of nitrogens with one attached hydrogen (secondary N) is 2. The third kappa shape index (κ3) is 2.81. The van der Waals surface area contributed by atoms with Crippen molar-refractivity contribution in [2.24, 2.45) is 5.10 Å². The van der Waals surface area contributed by atoms with Crippen LogP contribution in [0.5, 0.6) is 5.75 Å². The second-order valence-corrected chi connectivity index (χ2v) is 4.16. The first-order valence-corrected chi connectivity index (χ1v) is 6.53. The summed E-state index contributed by atoms with van der Waals surface area (Å²) in [5.74, 6) is 1.36. The van der Waals surface area contributed by atoms with Gasteiger partial charge >= 0.3 is 0 Å². The minimum absolute atomic E-state index is 0.572. The SMILES string of the molecule is CCOc1ccccc1/C=N\Nc1ncnc2nc[nH]c12. The van der Waals surface area contributed by atoms with E-state index in [0.717, 1.165) is 11.3 Å². The van der Waals surface area contributed by atoms with Crippen molar-refractivity contribution < 1.29 is 4.74 Å². The van der Waals surface area contributed by atoms with Gasteiger partial charge in [-0.3, -0.25) is 5.43 Å². The minimum Gasteiger partial charge on any atom is -0.493 e. The molecule has 0 amide bonds. The standard InChI is InChI=1S/C14H14N6O/c1-2-21-11-6-4-3-5-10(11)7-19-20-14-12-13(16-8-15-12)17-9-18-14/h3-9H,2H2,1H3,(H2,15,16,17,18,20)/b19-7-. The molecular weight excluding hydrogens is 268 g/mol. The second kappa shape index (κ2) is 6.00. The van der Waals surface area contributed by atoms with E-state index in [1.54, 1.807) is 12.5 Å². The molecule has 0 bridgehead atoms. The van der Waals surface area contributed by atoms with Gasteiger partial charge in [0.05, 0.1) is 19.1 Å². The molecule has 0 fully saturated rings. The number of H-pyrrole nitrogens is 1. The van der Waals surface area contributed by atoms with Gasteiger partial charge in [-0.1, -0.05) is 12.1 Å². The van der Waals surface area contributed by atoms with Crippen LogP contribution in [0.2, 0.25) is 0 Å². The van der Waals surface area contributed by atoms with Crippen LogP contribution in [0.3, 0.4) is 0 Å². The molecule has 0 aliphatic heterocycles. The van der Waals surface area contributed by atoms with Crippen LogP contribution in [0, 0.1) is 0 Å². The number of anilines is 1. The third-order valence-corrected chi connectivity index (χ3v) is 2.82. The predicted molar refractivity (Wildman–Crippen MR) is 80.5 cm³/mol. The fourth-order valence-corrected chi connectivity index (χ4v) is 1.89. The number of nitrogens with zero attached hydrogens (tertiary/aromatic N) is 4. The predicted octanol–water partition coefficient (Wildman–Crippen LogP) is 2.20. The Morgan fingerprint density at radius 2 is 2.19 bits per heavy atom. The van der Waals surface area contributed by atoms with Crippen molar-refractivity contribution in [2.75, 3.05) is 12.0 Å². The normalized spacial score (nSPS) is 11.1. The molecular formula is C14H14N6O. The number of ether oxygens (including phenoxy) is 1. The molecule has 2 N–H and O–H groups in total. The van der Waals surface area contributed by atoms with Crippen LogP contribution in [0.15, 0.2) is 42.0 Å². The Balaban J connectivity index is 1.80. The van der Waals surface area contributed by atoms with Gasteiger partial charge < -0.3 is 9.72 Å². The lowest BCUT2D eigenvalue weighted by Gasteiger charge is -2.06. The molecule has 7 heteroatoms. The van der Waals surface area contributed by atoms with Crippen molar-refractivity contribution >= 4 is 23.2 Å². The van der Waals surface area contributed by atoms with Gasteiger partial charge in [0.2, 0.25) is 0 Å². The molecule has 106 valence electrons. The smallest absolute Gasteiger partial charge is 0.182 e. The summed E-state index contributed by atoms with van der Waals surface area (Å²) in [6.45, 7) is 2.56. The summed E-state index contributed by atoms with van der Waals surface area (Å²) in [5.41, 5.74) is 5.08. The molecule has 0 spiro atoms. The number of hydrazone groups is 1. The number of imidazole rings is 1. The number of benzene rings is 1. The lowest BCUT2D eigenvalue weighted by Crippen LogP contribution is -1.98. The first-order valence-electron chi connectivity index (χ1n) is 6.53. The second-order valence-electron chi connectivity index (χ2n) is 4.16. The maximum atomic E-state index is 5.54. The van der Waals surface area contributed by atoms with E-state index in [4.69, 9.17) is 4.74 Å². The summed E-state index contributed by atoms with van der Waals surface area (Å²) in [4.78, 5) is 15.2. The molecule has 2 heterocycles. The Kier molecular flexibility index (Phi) is 3.72. The summed E-state index contributed by atoms with van der Waals surface area (Å²) in [6, 6.07) is 7.69. The molecule has 0 aliphatic rings. The van der Waals surface area contributed by atoms with Gasteiger partial charge in [-0.2, -0.15) is 5.10 Å². The molecule has 2 aromatic heterocycles. The number of hydrogen-bond donors (Lipinski definition) is 2. The van der Waals surface area contributed by atoms with Gasteiger partial charge in [0, 0.05) is 5.56 Å². The molecule has 0 atom stereocenters. The first-order chi connectivity index (χ1) is 10.4. The molecule has 21 heavy (non-hydrogen) atoms. The summed E-state index contributed by atoms with van der Waals surface area (Å²) >= 11 is 0. The lowest BCUT2D eigenvalue weighted by molar-refractivity contribution is 0.340. The number of para-hydroxylation sites is 1. The minimum atomic E-state index is 0.572. The van der Waals surface area contributed by atoms with Gasteiger partial charge in [0.1, 0.15) is 17.6 Å². The third-order valence-electron chi connectivity index (χ3n) is 2.82. The highest BCUT2D eigenvalue weighted by atomic mass is 16.5. The van der Waals surface area contributed by atoms with Crippen LogP contribution >= 0.6 is 0 Å². The number of aromatic nitrogens is 4. The maximum Gasteiger partial charge on any atom is 0.182 e. The van der Waals surface area contributed by atoms with E-state index in [0.29, 0.717) is 23.6 Å². The van der Waals surface area contributed by atoms with Crippen LogP contribution in [0.4, 0.5) is 5.82 Å². The van der Waals surface area contributed by atoms with Gasteiger partial charge in [-0.25, -0.2) is 15.0 Å². The van der Waals surface area contributed by atoms with Crippen molar-refractivity contribution in [1.29, 1.82) is 0 Å². The van der Waals surface area contributed by atoms with Crippen LogP contribution in [0.25, 0.3) is 11.2 Å². The number of fused-ring (bicyclic) bond motifs is 1. The van der Waals surface area contributed by atoms with Gasteiger partial charge in [0.25, 0.3) is 0 Å². The summed E-state index contributed by atoms with van der Waals surface area (Å²) in [7, 11) is 0. The molecule has 3 rings (SSSR count). The topological polar surface area (TPSA) is 88.1 Å². The summed E-state index contributed by atoms with van der Waals surface area (Å²) < 4.78 is 5.54. The summed E-state index contributed by atoms with van der Waals surface area (Å²) in [5, 5.41) is 4.19. The zero-order valence-electron chi connectivity index (χ0n) is 11.4.